The number of phenolic OH excluding ortho intramolecular Hbond substituents is 1. The monoisotopic (exact) mass is 498 g/mol. The number of phenols is 1. The number of hydrogen-bond donors (Lipinski definition) is 2. The van der Waals surface area contributed by atoms with Gasteiger partial charge in [0.15, 0.2) is 5.78 Å². The Labute approximate surface area is 216 Å². The Morgan fingerprint density at radius 2 is 1.68 bits per heavy atom. The molecule has 3 rings (SSSR count). The summed E-state index contributed by atoms with van der Waals surface area (Å²) in [5.74, 6) is 5.10. The minimum absolute atomic E-state index is 0.0639. The van der Waals surface area contributed by atoms with Crippen molar-refractivity contribution in [3.8, 4) is 17.6 Å². The van der Waals surface area contributed by atoms with Crippen LogP contribution in [0, 0.1) is 27.4 Å². The van der Waals surface area contributed by atoms with Gasteiger partial charge in [0.1, 0.15) is 11.3 Å². The molecular weight excluding hydrogens is 468 g/mol. The van der Waals surface area contributed by atoms with E-state index in [1.54, 1.807) is 12.1 Å². The van der Waals surface area contributed by atoms with Gasteiger partial charge in [-0.1, -0.05) is 62.9 Å². The molecule has 7 nitrogen and oxygen atoms in total. The van der Waals surface area contributed by atoms with Crippen LogP contribution < -0.4 is 5.32 Å². The number of carbonyl (C=O) groups excluding carboxylic acids is 2. The van der Waals surface area contributed by atoms with Gasteiger partial charge >= 0.3 is 0 Å². The van der Waals surface area contributed by atoms with Crippen molar-refractivity contribution in [2.75, 3.05) is 0 Å². The molecule has 0 unspecified atom stereocenters. The van der Waals surface area contributed by atoms with Crippen molar-refractivity contribution < 1.29 is 19.6 Å². The number of nitro groups is 1. The highest BCUT2D eigenvalue weighted by Crippen LogP contribution is 2.22. The summed E-state index contributed by atoms with van der Waals surface area (Å²) in [6.45, 7) is 5.91. The van der Waals surface area contributed by atoms with E-state index in [-0.39, 0.29) is 33.8 Å². The van der Waals surface area contributed by atoms with E-state index in [1.807, 2.05) is 51.1 Å². The van der Waals surface area contributed by atoms with Gasteiger partial charge in [0, 0.05) is 23.6 Å². The minimum atomic E-state index is -0.700. The van der Waals surface area contributed by atoms with E-state index >= 15 is 0 Å². The fourth-order valence-electron chi connectivity index (χ4n) is 3.78. The predicted molar refractivity (Wildman–Crippen MR) is 142 cm³/mol. The molecule has 3 aromatic carbocycles. The van der Waals surface area contributed by atoms with E-state index in [0.29, 0.717) is 24.8 Å². The van der Waals surface area contributed by atoms with Gasteiger partial charge in [0.25, 0.3) is 11.6 Å². The van der Waals surface area contributed by atoms with E-state index in [4.69, 9.17) is 0 Å². The Kier molecular flexibility index (Phi) is 8.81. The van der Waals surface area contributed by atoms with Crippen LogP contribution in [0.15, 0.2) is 72.8 Å². The van der Waals surface area contributed by atoms with Crippen molar-refractivity contribution in [1.82, 2.24) is 5.32 Å². The maximum absolute atomic E-state index is 13.2. The first-order chi connectivity index (χ1) is 17.5. The number of benzene rings is 3. The molecule has 7 heteroatoms. The van der Waals surface area contributed by atoms with Crippen LogP contribution >= 0.6 is 0 Å². The van der Waals surface area contributed by atoms with E-state index in [2.05, 4.69) is 17.2 Å². The average Bonchev–Trinajstić information content (AvgIpc) is 2.85. The quantitative estimate of drug-likeness (QED) is 0.244. The molecule has 2 N–H and O–H groups in total. The SMILES string of the molecule is CC(C)(C)CC(=O)[C@H](CCc1ccccc1)NC(=O)c1ccc([N+](=O)[O-])c(C#Cc2ccc(O)cc2)c1. The molecule has 3 aromatic rings. The number of nitrogens with zero attached hydrogens (tertiary/aromatic N) is 1. The summed E-state index contributed by atoms with van der Waals surface area (Å²) in [5.41, 5.74) is 1.40. The van der Waals surface area contributed by atoms with E-state index in [9.17, 15) is 24.8 Å². The summed E-state index contributed by atoms with van der Waals surface area (Å²) in [5, 5.41) is 23.8. The minimum Gasteiger partial charge on any atom is -0.508 e. The first kappa shape index (κ1) is 27.2. The lowest BCUT2D eigenvalue weighted by molar-refractivity contribution is -0.385. The third-order valence-corrected chi connectivity index (χ3v) is 5.63. The summed E-state index contributed by atoms with van der Waals surface area (Å²) in [6.07, 6.45) is 1.35. The number of ketones is 1. The molecule has 37 heavy (non-hydrogen) atoms. The Hall–Kier alpha value is -4.44. The second kappa shape index (κ2) is 12.0. The normalized spacial score (nSPS) is 11.6. The van der Waals surface area contributed by atoms with Crippen molar-refractivity contribution in [3.05, 3.63) is 105 Å². The van der Waals surface area contributed by atoms with Gasteiger partial charge in [-0.25, -0.2) is 0 Å². The van der Waals surface area contributed by atoms with Crippen molar-refractivity contribution in [3.63, 3.8) is 0 Å². The lowest BCUT2D eigenvalue weighted by atomic mass is 9.86. The highest BCUT2D eigenvalue weighted by Gasteiger charge is 2.26. The van der Waals surface area contributed by atoms with Crippen LogP contribution in [-0.4, -0.2) is 27.8 Å². The summed E-state index contributed by atoms with van der Waals surface area (Å²) in [6, 6.07) is 19.1. The molecule has 0 aliphatic heterocycles. The molecule has 0 radical (unpaired) electrons. The lowest BCUT2D eigenvalue weighted by Crippen LogP contribution is -2.42. The van der Waals surface area contributed by atoms with E-state index in [1.165, 1.54) is 30.3 Å². The fourth-order valence-corrected chi connectivity index (χ4v) is 3.78. The second-order valence-corrected chi connectivity index (χ2v) is 10.0. The van der Waals surface area contributed by atoms with Crippen molar-refractivity contribution in [2.24, 2.45) is 5.41 Å². The molecule has 0 bridgehead atoms. The number of aromatic hydroxyl groups is 1. The topological polar surface area (TPSA) is 110 Å². The van der Waals surface area contributed by atoms with Crippen LogP contribution in [-0.2, 0) is 11.2 Å². The zero-order valence-electron chi connectivity index (χ0n) is 21.2. The second-order valence-electron chi connectivity index (χ2n) is 10.0. The van der Waals surface area contributed by atoms with Crippen LogP contribution in [0.2, 0.25) is 0 Å². The zero-order valence-corrected chi connectivity index (χ0v) is 21.2. The number of aryl methyl sites for hydroxylation is 1. The molecule has 1 atom stereocenters. The van der Waals surface area contributed by atoms with Crippen LogP contribution in [0.1, 0.15) is 60.7 Å². The van der Waals surface area contributed by atoms with Crippen LogP contribution in [0.25, 0.3) is 0 Å². The number of nitrogens with one attached hydrogen (secondary N) is 1. The summed E-state index contributed by atoms with van der Waals surface area (Å²) < 4.78 is 0. The smallest absolute Gasteiger partial charge is 0.284 e. The van der Waals surface area contributed by atoms with Gasteiger partial charge in [-0.2, -0.15) is 0 Å². The number of rotatable bonds is 8. The Bertz CT molecular complexity index is 1330. The van der Waals surface area contributed by atoms with Crippen molar-refractivity contribution in [1.29, 1.82) is 0 Å². The van der Waals surface area contributed by atoms with Gasteiger partial charge in [0.05, 0.1) is 11.0 Å². The molecule has 0 spiro atoms. The van der Waals surface area contributed by atoms with Gasteiger partial charge in [-0.05, 0) is 60.2 Å². The summed E-state index contributed by atoms with van der Waals surface area (Å²) in [4.78, 5) is 37.2. The largest absolute Gasteiger partial charge is 0.508 e. The van der Waals surface area contributed by atoms with Gasteiger partial charge in [-0.15, -0.1) is 0 Å². The highest BCUT2D eigenvalue weighted by molar-refractivity contribution is 5.98. The predicted octanol–water partition coefficient (Wildman–Crippen LogP) is 5.44. The fraction of sp³-hybridized carbons (Fsp3) is 0.267. The molecule has 0 saturated heterocycles. The standard InChI is InChI=1S/C30H30N2O5/c1-30(2,3)20-28(34)26(17-12-21-7-5-4-6-8-21)31-29(35)24-14-18-27(32(36)37)23(19-24)13-9-22-10-15-25(33)16-11-22/h4-8,10-11,14-16,18-19,26,33H,12,17,20H2,1-3H3,(H,31,35)/t26-/m0/s1. The third kappa shape index (κ3) is 8.32. The summed E-state index contributed by atoms with van der Waals surface area (Å²) in [7, 11) is 0. The number of amides is 1. The maximum atomic E-state index is 13.2. The highest BCUT2D eigenvalue weighted by atomic mass is 16.6. The van der Waals surface area contributed by atoms with Crippen LogP contribution in [0.5, 0.6) is 5.75 Å². The number of Topliss-reactive ketones (excluding diaryl/α,β-unsaturated/α-hetero) is 1. The molecular formula is C30H30N2O5. The zero-order chi connectivity index (χ0) is 27.0. The van der Waals surface area contributed by atoms with Gasteiger partial charge < -0.3 is 10.4 Å². The lowest BCUT2D eigenvalue weighted by Gasteiger charge is -2.23. The molecule has 0 heterocycles. The van der Waals surface area contributed by atoms with Gasteiger partial charge in [0.2, 0.25) is 0 Å². The Morgan fingerprint density at radius 1 is 1.00 bits per heavy atom. The number of hydrogen-bond acceptors (Lipinski definition) is 5. The molecule has 0 aliphatic carbocycles. The van der Waals surface area contributed by atoms with E-state index in [0.717, 1.165) is 5.56 Å². The van der Waals surface area contributed by atoms with E-state index < -0.39 is 16.9 Å². The van der Waals surface area contributed by atoms with Crippen LogP contribution in [0.3, 0.4) is 0 Å². The average molecular weight is 499 g/mol. The molecule has 0 aliphatic rings. The first-order valence-corrected chi connectivity index (χ1v) is 12.0. The Morgan fingerprint density at radius 3 is 2.30 bits per heavy atom. The van der Waals surface area contributed by atoms with Gasteiger partial charge in [-0.3, -0.25) is 19.7 Å². The molecule has 0 saturated carbocycles. The number of carbonyl (C=O) groups is 2. The third-order valence-electron chi connectivity index (χ3n) is 5.63. The van der Waals surface area contributed by atoms with Crippen LogP contribution in [0.4, 0.5) is 5.69 Å². The first-order valence-electron chi connectivity index (χ1n) is 12.0. The molecule has 1 amide bonds. The molecule has 0 fully saturated rings. The van der Waals surface area contributed by atoms with Crippen molar-refractivity contribution in [2.45, 2.75) is 46.1 Å². The molecule has 0 aromatic heterocycles. The Balaban J connectivity index is 1.85. The summed E-state index contributed by atoms with van der Waals surface area (Å²) >= 11 is 0. The number of nitro benzene ring substituents is 1. The van der Waals surface area contributed by atoms with Crippen molar-refractivity contribution >= 4 is 17.4 Å². The molecule has 190 valence electrons. The maximum Gasteiger partial charge on any atom is 0.284 e.